The van der Waals surface area contributed by atoms with Gasteiger partial charge in [-0.3, -0.25) is 0 Å². The van der Waals surface area contributed by atoms with Crippen LogP contribution in [0.3, 0.4) is 0 Å². The summed E-state index contributed by atoms with van der Waals surface area (Å²) < 4.78 is 26.2. The highest BCUT2D eigenvalue weighted by Crippen LogP contribution is 2.35. The number of rotatable bonds is 5. The normalized spacial score (nSPS) is 25.6. The van der Waals surface area contributed by atoms with Gasteiger partial charge in [-0.2, -0.15) is 0 Å². The van der Waals surface area contributed by atoms with E-state index in [4.69, 9.17) is 5.73 Å². The van der Waals surface area contributed by atoms with Gasteiger partial charge in [0.2, 0.25) is 10.0 Å². The maximum atomic E-state index is 11.7. The molecule has 3 N–H and O–H groups in total. The minimum absolute atomic E-state index is 0.117. The maximum Gasteiger partial charge on any atom is 0.211 e. The van der Waals surface area contributed by atoms with E-state index >= 15 is 0 Å². The van der Waals surface area contributed by atoms with Crippen LogP contribution < -0.4 is 10.5 Å². The fraction of sp³-hybridized carbons (Fsp3) is 1.00. The van der Waals surface area contributed by atoms with Crippen molar-refractivity contribution >= 4 is 10.0 Å². The standard InChI is InChI=1S/C11H24N2O2S/c1-11(2)6-3-5-10(9-11)13-16(14,15)8-4-7-12/h10,13H,3-9,12H2,1-2H3. The van der Waals surface area contributed by atoms with E-state index in [1.807, 2.05) is 0 Å². The third-order valence-electron chi connectivity index (χ3n) is 3.17. The van der Waals surface area contributed by atoms with Crippen LogP contribution in [0.1, 0.15) is 46.0 Å². The molecule has 0 aromatic rings. The number of nitrogens with one attached hydrogen (secondary N) is 1. The Labute approximate surface area is 99.0 Å². The third kappa shape index (κ3) is 4.80. The Bertz CT molecular complexity index is 312. The predicted octanol–water partition coefficient (Wildman–Crippen LogP) is 1.22. The summed E-state index contributed by atoms with van der Waals surface area (Å²) in [6, 6.07) is 0.117. The lowest BCUT2D eigenvalue weighted by Crippen LogP contribution is -2.41. The van der Waals surface area contributed by atoms with Crippen molar-refractivity contribution in [1.29, 1.82) is 0 Å². The average Bonchev–Trinajstić information content (AvgIpc) is 2.12. The van der Waals surface area contributed by atoms with Crippen LogP contribution in [0.15, 0.2) is 0 Å². The van der Waals surface area contributed by atoms with Crippen LogP contribution in [0.5, 0.6) is 0 Å². The third-order valence-corrected chi connectivity index (χ3v) is 4.69. The molecule has 16 heavy (non-hydrogen) atoms. The number of hydrogen-bond acceptors (Lipinski definition) is 3. The fourth-order valence-electron chi connectivity index (χ4n) is 2.38. The van der Waals surface area contributed by atoms with E-state index in [0.29, 0.717) is 13.0 Å². The van der Waals surface area contributed by atoms with E-state index in [1.165, 1.54) is 6.42 Å². The van der Waals surface area contributed by atoms with E-state index in [-0.39, 0.29) is 17.2 Å². The summed E-state index contributed by atoms with van der Waals surface area (Å²) in [5.74, 6) is 0.153. The molecule has 1 unspecified atom stereocenters. The summed E-state index contributed by atoms with van der Waals surface area (Å²) in [6.45, 7) is 4.83. The highest BCUT2D eigenvalue weighted by atomic mass is 32.2. The minimum atomic E-state index is -3.12. The van der Waals surface area contributed by atoms with Gasteiger partial charge in [-0.1, -0.05) is 20.3 Å². The molecule has 0 aromatic carbocycles. The van der Waals surface area contributed by atoms with Crippen molar-refractivity contribution in [2.45, 2.75) is 52.0 Å². The number of hydrogen-bond donors (Lipinski definition) is 2. The number of nitrogens with two attached hydrogens (primary N) is 1. The second-order valence-corrected chi connectivity index (χ2v) is 7.41. The van der Waals surface area contributed by atoms with Gasteiger partial charge < -0.3 is 5.73 Å². The Morgan fingerprint density at radius 2 is 2.12 bits per heavy atom. The Hall–Kier alpha value is -0.130. The second-order valence-electron chi connectivity index (χ2n) is 5.54. The van der Waals surface area contributed by atoms with Gasteiger partial charge in [-0.25, -0.2) is 13.1 Å². The van der Waals surface area contributed by atoms with Crippen molar-refractivity contribution < 1.29 is 8.42 Å². The van der Waals surface area contributed by atoms with Gasteiger partial charge in [0, 0.05) is 6.04 Å². The molecule has 0 heterocycles. The summed E-state index contributed by atoms with van der Waals surface area (Å²) in [7, 11) is -3.12. The average molecular weight is 248 g/mol. The van der Waals surface area contributed by atoms with Crippen LogP contribution in [0.4, 0.5) is 0 Å². The van der Waals surface area contributed by atoms with Gasteiger partial charge in [-0.15, -0.1) is 0 Å². The molecule has 4 nitrogen and oxygen atoms in total. The summed E-state index contributed by atoms with van der Waals surface area (Å²) in [4.78, 5) is 0. The lowest BCUT2D eigenvalue weighted by molar-refractivity contribution is 0.212. The molecule has 0 saturated heterocycles. The van der Waals surface area contributed by atoms with Crippen molar-refractivity contribution in [2.24, 2.45) is 11.1 Å². The van der Waals surface area contributed by atoms with E-state index in [0.717, 1.165) is 19.3 Å². The molecule has 0 amide bonds. The monoisotopic (exact) mass is 248 g/mol. The topological polar surface area (TPSA) is 72.2 Å². The first-order valence-corrected chi connectivity index (χ1v) is 7.70. The molecule has 96 valence electrons. The molecule has 1 aliphatic rings. The molecule has 0 radical (unpaired) electrons. The van der Waals surface area contributed by atoms with Crippen molar-refractivity contribution in [3.8, 4) is 0 Å². The van der Waals surface area contributed by atoms with Crippen molar-refractivity contribution in [2.75, 3.05) is 12.3 Å². The molecule has 1 aliphatic carbocycles. The largest absolute Gasteiger partial charge is 0.330 e. The first kappa shape index (κ1) is 13.9. The summed E-state index contributed by atoms with van der Waals surface area (Å²) in [5.41, 5.74) is 5.58. The Kier molecular flexibility index (Phi) is 4.76. The van der Waals surface area contributed by atoms with Gasteiger partial charge >= 0.3 is 0 Å². The number of sulfonamides is 1. The van der Waals surface area contributed by atoms with Gasteiger partial charge in [-0.05, 0) is 37.6 Å². The van der Waals surface area contributed by atoms with Gasteiger partial charge in [0.25, 0.3) is 0 Å². The van der Waals surface area contributed by atoms with Gasteiger partial charge in [0.1, 0.15) is 0 Å². The highest BCUT2D eigenvalue weighted by molar-refractivity contribution is 7.89. The zero-order valence-corrected chi connectivity index (χ0v) is 11.1. The molecule has 5 heteroatoms. The molecule has 0 spiro atoms. The van der Waals surface area contributed by atoms with Crippen LogP contribution in [-0.2, 0) is 10.0 Å². The predicted molar refractivity (Wildman–Crippen MR) is 66.6 cm³/mol. The van der Waals surface area contributed by atoms with E-state index < -0.39 is 10.0 Å². The van der Waals surface area contributed by atoms with Crippen LogP contribution in [-0.4, -0.2) is 26.8 Å². The van der Waals surface area contributed by atoms with E-state index in [1.54, 1.807) is 0 Å². The Balaban J connectivity index is 2.47. The maximum absolute atomic E-state index is 11.7. The smallest absolute Gasteiger partial charge is 0.211 e. The molecule has 1 rings (SSSR count). The fourth-order valence-corrected chi connectivity index (χ4v) is 3.76. The first-order chi connectivity index (χ1) is 7.35. The van der Waals surface area contributed by atoms with E-state index in [2.05, 4.69) is 18.6 Å². The minimum Gasteiger partial charge on any atom is -0.330 e. The molecule has 0 aromatic heterocycles. The molecule has 1 saturated carbocycles. The molecule has 0 aliphatic heterocycles. The van der Waals surface area contributed by atoms with Crippen molar-refractivity contribution in [1.82, 2.24) is 4.72 Å². The molecule has 1 fully saturated rings. The highest BCUT2D eigenvalue weighted by Gasteiger charge is 2.29. The second kappa shape index (κ2) is 5.47. The quantitative estimate of drug-likeness (QED) is 0.768. The SMILES string of the molecule is CC1(C)CCCC(NS(=O)(=O)CCCN)C1. The Morgan fingerprint density at radius 3 is 2.69 bits per heavy atom. The van der Waals surface area contributed by atoms with Gasteiger partial charge in [0.15, 0.2) is 0 Å². The van der Waals surface area contributed by atoms with Crippen molar-refractivity contribution in [3.05, 3.63) is 0 Å². The zero-order chi connectivity index (χ0) is 12.2. The molecule has 1 atom stereocenters. The van der Waals surface area contributed by atoms with Gasteiger partial charge in [0.05, 0.1) is 5.75 Å². The van der Waals surface area contributed by atoms with Crippen LogP contribution in [0.2, 0.25) is 0 Å². The van der Waals surface area contributed by atoms with Crippen LogP contribution in [0, 0.1) is 5.41 Å². The summed E-state index contributed by atoms with van der Waals surface area (Å²) in [5, 5.41) is 0. The lowest BCUT2D eigenvalue weighted by Gasteiger charge is -2.35. The molecular weight excluding hydrogens is 224 g/mol. The first-order valence-electron chi connectivity index (χ1n) is 6.05. The van der Waals surface area contributed by atoms with Crippen molar-refractivity contribution in [3.63, 3.8) is 0 Å². The van der Waals surface area contributed by atoms with E-state index in [9.17, 15) is 8.42 Å². The lowest BCUT2D eigenvalue weighted by atomic mass is 9.75. The zero-order valence-electron chi connectivity index (χ0n) is 10.3. The Morgan fingerprint density at radius 1 is 1.44 bits per heavy atom. The van der Waals surface area contributed by atoms with Crippen LogP contribution in [0.25, 0.3) is 0 Å². The molecular formula is C11H24N2O2S. The summed E-state index contributed by atoms with van der Waals surface area (Å²) in [6.07, 6.45) is 4.73. The van der Waals surface area contributed by atoms with Crippen LogP contribution >= 0.6 is 0 Å². The summed E-state index contributed by atoms with van der Waals surface area (Å²) >= 11 is 0. The molecule has 0 bridgehead atoms.